The van der Waals surface area contributed by atoms with Crippen molar-refractivity contribution in [1.29, 1.82) is 0 Å². The third-order valence-electron chi connectivity index (χ3n) is 6.23. The third-order valence-corrected chi connectivity index (χ3v) is 6.23. The van der Waals surface area contributed by atoms with E-state index >= 15 is 0 Å². The van der Waals surface area contributed by atoms with Crippen molar-refractivity contribution in [2.45, 2.75) is 142 Å². The quantitative estimate of drug-likeness (QED) is 0.0848. The Balaban J connectivity index is 0. The van der Waals surface area contributed by atoms with E-state index < -0.39 is 5.97 Å². The van der Waals surface area contributed by atoms with Crippen LogP contribution in [0, 0.1) is 5.92 Å². The molecule has 0 aromatic heterocycles. The van der Waals surface area contributed by atoms with Gasteiger partial charge in [0.1, 0.15) is 0 Å². The molecule has 1 atom stereocenters. The van der Waals surface area contributed by atoms with Crippen LogP contribution in [0.5, 0.6) is 0 Å². The molecule has 4 heteroatoms. The van der Waals surface area contributed by atoms with Crippen molar-refractivity contribution in [3.63, 3.8) is 0 Å². The van der Waals surface area contributed by atoms with Crippen molar-refractivity contribution in [1.82, 2.24) is 0 Å². The summed E-state index contributed by atoms with van der Waals surface area (Å²) in [5.41, 5.74) is 0. The SMILES string of the molecule is C=CC(=O)O.C=CC(=O)OCC(CCCCCCCCCC)CCCCCCCCCCCC. The van der Waals surface area contributed by atoms with Crippen LogP contribution < -0.4 is 0 Å². The van der Waals surface area contributed by atoms with E-state index in [-0.39, 0.29) is 5.97 Å². The van der Waals surface area contributed by atoms with Crippen LogP contribution in [0.25, 0.3) is 0 Å². The highest BCUT2D eigenvalue weighted by Gasteiger charge is 2.11. The zero-order chi connectivity index (χ0) is 25.7. The molecular formula is C30H56O4. The van der Waals surface area contributed by atoms with E-state index in [2.05, 4.69) is 27.0 Å². The van der Waals surface area contributed by atoms with E-state index in [1.54, 1.807) is 0 Å². The second-order valence-corrected chi connectivity index (χ2v) is 9.48. The van der Waals surface area contributed by atoms with E-state index in [9.17, 15) is 9.59 Å². The fourth-order valence-electron chi connectivity index (χ4n) is 4.06. The summed E-state index contributed by atoms with van der Waals surface area (Å²) >= 11 is 0. The summed E-state index contributed by atoms with van der Waals surface area (Å²) < 4.78 is 5.36. The number of unbranched alkanes of at least 4 members (excludes halogenated alkanes) is 16. The van der Waals surface area contributed by atoms with Gasteiger partial charge in [0.2, 0.25) is 0 Å². The summed E-state index contributed by atoms with van der Waals surface area (Å²) in [6.07, 6.45) is 29.1. The number of aliphatic carboxylic acids is 1. The molecule has 0 heterocycles. The van der Waals surface area contributed by atoms with Crippen molar-refractivity contribution >= 4 is 11.9 Å². The number of hydrogen-bond donors (Lipinski definition) is 1. The maximum Gasteiger partial charge on any atom is 0.330 e. The number of hydrogen-bond acceptors (Lipinski definition) is 3. The van der Waals surface area contributed by atoms with Gasteiger partial charge in [-0.2, -0.15) is 0 Å². The normalized spacial score (nSPS) is 11.2. The van der Waals surface area contributed by atoms with Crippen molar-refractivity contribution in [3.8, 4) is 0 Å². The molecule has 0 aromatic rings. The van der Waals surface area contributed by atoms with Gasteiger partial charge in [0.05, 0.1) is 6.61 Å². The van der Waals surface area contributed by atoms with E-state index in [1.807, 2.05) is 0 Å². The van der Waals surface area contributed by atoms with Crippen LogP contribution >= 0.6 is 0 Å². The third kappa shape index (κ3) is 30.4. The largest absolute Gasteiger partial charge is 0.478 e. The molecule has 0 saturated carbocycles. The molecule has 0 radical (unpaired) electrons. The minimum Gasteiger partial charge on any atom is -0.478 e. The molecule has 0 rings (SSSR count). The molecule has 0 aliphatic rings. The lowest BCUT2D eigenvalue weighted by Gasteiger charge is -2.16. The molecular weight excluding hydrogens is 424 g/mol. The molecule has 0 bridgehead atoms. The van der Waals surface area contributed by atoms with Crippen LogP contribution in [0.1, 0.15) is 142 Å². The molecule has 0 saturated heterocycles. The fourth-order valence-corrected chi connectivity index (χ4v) is 4.06. The summed E-state index contributed by atoms with van der Waals surface area (Å²) in [5, 5.41) is 7.60. The van der Waals surface area contributed by atoms with Gasteiger partial charge in [-0.1, -0.05) is 143 Å². The summed E-state index contributed by atoms with van der Waals surface area (Å²) in [6.45, 7) is 11.6. The number of rotatable bonds is 24. The molecule has 4 nitrogen and oxygen atoms in total. The predicted molar refractivity (Wildman–Crippen MR) is 146 cm³/mol. The Kier molecular flexibility index (Phi) is 30.0. The first-order valence-electron chi connectivity index (χ1n) is 14.2. The Labute approximate surface area is 211 Å². The fraction of sp³-hybridized carbons (Fsp3) is 0.800. The smallest absolute Gasteiger partial charge is 0.330 e. The van der Waals surface area contributed by atoms with Crippen LogP contribution in [0.15, 0.2) is 25.3 Å². The van der Waals surface area contributed by atoms with Gasteiger partial charge in [0.25, 0.3) is 0 Å². The lowest BCUT2D eigenvalue weighted by atomic mass is 9.94. The molecule has 1 N–H and O–H groups in total. The van der Waals surface area contributed by atoms with Gasteiger partial charge in [-0.3, -0.25) is 0 Å². The van der Waals surface area contributed by atoms with Gasteiger partial charge in [0, 0.05) is 12.2 Å². The number of esters is 1. The highest BCUT2D eigenvalue weighted by atomic mass is 16.5. The van der Waals surface area contributed by atoms with Gasteiger partial charge in [-0.15, -0.1) is 0 Å². The van der Waals surface area contributed by atoms with Crippen LogP contribution in [0.2, 0.25) is 0 Å². The maximum atomic E-state index is 11.4. The second-order valence-electron chi connectivity index (χ2n) is 9.48. The molecule has 200 valence electrons. The predicted octanol–water partition coefficient (Wildman–Crippen LogP) is 9.43. The molecule has 34 heavy (non-hydrogen) atoms. The van der Waals surface area contributed by atoms with Gasteiger partial charge in [-0.05, 0) is 18.8 Å². The average Bonchev–Trinajstić information content (AvgIpc) is 2.84. The van der Waals surface area contributed by atoms with Gasteiger partial charge in [-0.25, -0.2) is 9.59 Å². The number of carboxylic acid groups (broad SMARTS) is 1. The second kappa shape index (κ2) is 29.5. The van der Waals surface area contributed by atoms with E-state index in [0.29, 0.717) is 12.5 Å². The number of carboxylic acids is 1. The molecule has 1 unspecified atom stereocenters. The Hall–Kier alpha value is -1.58. The van der Waals surface area contributed by atoms with Crippen LogP contribution in [-0.4, -0.2) is 23.7 Å². The Morgan fingerprint density at radius 3 is 1.26 bits per heavy atom. The molecule has 0 aliphatic carbocycles. The van der Waals surface area contributed by atoms with Crippen LogP contribution in [0.4, 0.5) is 0 Å². The maximum absolute atomic E-state index is 11.4. The molecule has 0 aromatic carbocycles. The zero-order valence-corrected chi connectivity index (χ0v) is 22.7. The summed E-state index contributed by atoms with van der Waals surface area (Å²) in [5.74, 6) is -0.716. The lowest BCUT2D eigenvalue weighted by Crippen LogP contribution is -2.13. The molecule has 0 aliphatic heterocycles. The van der Waals surface area contributed by atoms with Gasteiger partial charge >= 0.3 is 11.9 Å². The molecule has 0 amide bonds. The molecule has 0 fully saturated rings. The van der Waals surface area contributed by atoms with E-state index in [4.69, 9.17) is 9.84 Å². The van der Waals surface area contributed by atoms with Gasteiger partial charge < -0.3 is 9.84 Å². The Morgan fingerprint density at radius 2 is 0.971 bits per heavy atom. The summed E-state index contributed by atoms with van der Waals surface area (Å²) in [7, 11) is 0. The molecule has 0 spiro atoms. The standard InChI is InChI=1S/C27H52O2.C3H4O2/c1-4-7-9-11-13-15-16-18-20-22-24-26(25-29-27(28)6-3)23-21-19-17-14-12-10-8-5-2;1-2-3(4)5/h6,26H,3-5,7-25H2,1-2H3;2H,1H2,(H,4,5). The lowest BCUT2D eigenvalue weighted by molar-refractivity contribution is -0.139. The van der Waals surface area contributed by atoms with Crippen molar-refractivity contribution in [2.24, 2.45) is 5.92 Å². The van der Waals surface area contributed by atoms with Gasteiger partial charge in [0.15, 0.2) is 0 Å². The Bertz CT molecular complexity index is 472. The van der Waals surface area contributed by atoms with Crippen molar-refractivity contribution < 1.29 is 19.4 Å². The van der Waals surface area contributed by atoms with Crippen molar-refractivity contribution in [3.05, 3.63) is 25.3 Å². The highest BCUT2D eigenvalue weighted by Crippen LogP contribution is 2.20. The first kappa shape index (κ1) is 34.6. The average molecular weight is 481 g/mol. The zero-order valence-electron chi connectivity index (χ0n) is 22.7. The Morgan fingerprint density at radius 1 is 0.647 bits per heavy atom. The van der Waals surface area contributed by atoms with Crippen LogP contribution in [0.3, 0.4) is 0 Å². The van der Waals surface area contributed by atoms with Crippen molar-refractivity contribution in [2.75, 3.05) is 6.61 Å². The van der Waals surface area contributed by atoms with E-state index in [1.165, 1.54) is 134 Å². The summed E-state index contributed by atoms with van der Waals surface area (Å²) in [4.78, 5) is 20.7. The minimum atomic E-state index is -0.981. The first-order chi connectivity index (χ1) is 16.5. The topological polar surface area (TPSA) is 63.6 Å². The highest BCUT2D eigenvalue weighted by molar-refractivity contribution is 5.81. The minimum absolute atomic E-state index is 0.269. The van der Waals surface area contributed by atoms with E-state index in [0.717, 1.165) is 6.08 Å². The first-order valence-corrected chi connectivity index (χ1v) is 14.2. The number of ether oxygens (including phenoxy) is 1. The number of carbonyl (C=O) groups excluding carboxylic acids is 1. The monoisotopic (exact) mass is 480 g/mol. The number of carbonyl (C=O) groups is 2. The van der Waals surface area contributed by atoms with Crippen LogP contribution in [-0.2, 0) is 14.3 Å². The summed E-state index contributed by atoms with van der Waals surface area (Å²) in [6, 6.07) is 0.